The van der Waals surface area contributed by atoms with Crippen LogP contribution in [0.25, 0.3) is 11.6 Å². The van der Waals surface area contributed by atoms with Crippen LogP contribution in [0.1, 0.15) is 13.3 Å². The Balaban J connectivity index is 2.33. The van der Waals surface area contributed by atoms with Gasteiger partial charge >= 0.3 is 5.97 Å². The van der Waals surface area contributed by atoms with E-state index in [4.69, 9.17) is 4.74 Å². The van der Waals surface area contributed by atoms with Crippen LogP contribution in [0.4, 0.5) is 0 Å². The van der Waals surface area contributed by atoms with Crippen molar-refractivity contribution in [3.8, 4) is 0 Å². The second kappa shape index (κ2) is 4.30. The third kappa shape index (κ3) is 1.90. The Labute approximate surface area is 106 Å². The van der Waals surface area contributed by atoms with E-state index < -0.39 is 0 Å². The molecule has 1 aliphatic carbocycles. The molecule has 0 fully saturated rings. The molecule has 2 aliphatic rings. The first-order chi connectivity index (χ1) is 8.74. The predicted octanol–water partition coefficient (Wildman–Crippen LogP) is 1.45. The van der Waals surface area contributed by atoms with Crippen LogP contribution < -0.4 is 10.4 Å². The minimum absolute atomic E-state index is 0.175. The lowest BCUT2D eigenvalue weighted by Gasteiger charge is -2.21. The summed E-state index contributed by atoms with van der Waals surface area (Å²) in [5.41, 5.74) is 2.18. The second-order valence-corrected chi connectivity index (χ2v) is 4.61. The summed E-state index contributed by atoms with van der Waals surface area (Å²) in [6.07, 6.45) is 8.10. The van der Waals surface area contributed by atoms with Crippen molar-refractivity contribution in [2.75, 3.05) is 0 Å². The maximum Gasteiger partial charge on any atom is 0.310 e. The smallest absolute Gasteiger partial charge is 0.310 e. The molecule has 18 heavy (non-hydrogen) atoms. The number of hydrogen-bond acceptors (Lipinski definition) is 2. The number of benzene rings is 1. The molecule has 0 saturated heterocycles. The van der Waals surface area contributed by atoms with Crippen LogP contribution in [0, 0.1) is 0 Å². The first-order valence-corrected chi connectivity index (χ1v) is 6.09. The number of esters is 1. The Hall–Kier alpha value is -2.09. The molecule has 2 heteroatoms. The number of carbonyl (C=O) groups excluding carboxylic acids is 1. The highest BCUT2D eigenvalue weighted by atomic mass is 16.5. The van der Waals surface area contributed by atoms with Crippen LogP contribution >= 0.6 is 0 Å². The highest BCUT2D eigenvalue weighted by Gasteiger charge is 2.19. The van der Waals surface area contributed by atoms with Crippen molar-refractivity contribution in [3.63, 3.8) is 0 Å². The summed E-state index contributed by atoms with van der Waals surface area (Å²) in [5.74, 6) is -0.175. The van der Waals surface area contributed by atoms with Crippen molar-refractivity contribution >= 4 is 17.6 Å². The number of carbonyl (C=O) groups is 1. The van der Waals surface area contributed by atoms with Gasteiger partial charge in [-0.15, -0.1) is 0 Å². The summed E-state index contributed by atoms with van der Waals surface area (Å²) in [6.45, 7) is 2.01. The summed E-state index contributed by atoms with van der Waals surface area (Å²) in [5, 5.41) is 2.25. The highest BCUT2D eigenvalue weighted by molar-refractivity contribution is 5.79. The quantitative estimate of drug-likeness (QED) is 0.639. The van der Waals surface area contributed by atoms with Gasteiger partial charge in [0.05, 0.1) is 6.42 Å². The van der Waals surface area contributed by atoms with Gasteiger partial charge in [-0.25, -0.2) is 0 Å². The van der Waals surface area contributed by atoms with E-state index in [0.717, 1.165) is 21.6 Å². The molecule has 1 aliphatic heterocycles. The lowest BCUT2D eigenvalue weighted by molar-refractivity contribution is -0.143. The van der Waals surface area contributed by atoms with E-state index in [1.54, 1.807) is 0 Å². The molecule has 0 radical (unpaired) electrons. The molecule has 0 spiro atoms. The average molecular weight is 238 g/mol. The normalized spacial score (nSPS) is 24.8. The molecule has 0 amide bonds. The van der Waals surface area contributed by atoms with E-state index in [1.807, 2.05) is 43.4 Å². The lowest BCUT2D eigenvalue weighted by atomic mass is 9.96. The zero-order chi connectivity index (χ0) is 12.5. The van der Waals surface area contributed by atoms with Gasteiger partial charge in [0.15, 0.2) is 0 Å². The van der Waals surface area contributed by atoms with E-state index in [0.29, 0.717) is 6.42 Å². The lowest BCUT2D eigenvalue weighted by Crippen LogP contribution is -2.34. The second-order valence-electron chi connectivity index (χ2n) is 4.61. The van der Waals surface area contributed by atoms with Crippen molar-refractivity contribution in [2.45, 2.75) is 19.4 Å². The van der Waals surface area contributed by atoms with Crippen molar-refractivity contribution < 1.29 is 9.53 Å². The SMILES string of the molecule is CC1=CC2OC(=O)CC=c3cccc/c3=C/2C=C1. The van der Waals surface area contributed by atoms with Crippen LogP contribution in [0.5, 0.6) is 0 Å². The Morgan fingerprint density at radius 1 is 1.22 bits per heavy atom. The van der Waals surface area contributed by atoms with Crippen LogP contribution in [0.3, 0.4) is 0 Å². The largest absolute Gasteiger partial charge is 0.453 e. The monoisotopic (exact) mass is 238 g/mol. The standard InChI is InChI=1S/C16H14O2/c1-11-6-8-14-13-5-3-2-4-12(13)7-9-16(17)18-15(14)10-11/h2-8,10,15H,9H2,1H3/b12-7?,14-13-. The Morgan fingerprint density at radius 2 is 2.06 bits per heavy atom. The summed E-state index contributed by atoms with van der Waals surface area (Å²) in [7, 11) is 0. The average Bonchev–Trinajstić information content (AvgIpc) is 2.35. The topological polar surface area (TPSA) is 26.3 Å². The Morgan fingerprint density at radius 3 is 2.94 bits per heavy atom. The maximum absolute atomic E-state index is 11.7. The molecule has 1 aromatic rings. The first-order valence-electron chi connectivity index (χ1n) is 6.09. The Kier molecular flexibility index (Phi) is 2.63. The van der Waals surface area contributed by atoms with Gasteiger partial charge in [0, 0.05) is 5.57 Å². The molecule has 0 N–H and O–H groups in total. The van der Waals surface area contributed by atoms with Crippen molar-refractivity contribution in [1.82, 2.24) is 0 Å². The van der Waals surface area contributed by atoms with Gasteiger partial charge in [0.25, 0.3) is 0 Å². The molecule has 2 nitrogen and oxygen atoms in total. The Bertz CT molecular complexity index is 677. The molecule has 1 aromatic carbocycles. The highest BCUT2D eigenvalue weighted by Crippen LogP contribution is 2.20. The minimum Gasteiger partial charge on any atom is -0.453 e. The van der Waals surface area contributed by atoms with E-state index in [1.165, 1.54) is 0 Å². The molecule has 0 bridgehead atoms. The molecule has 0 saturated carbocycles. The van der Waals surface area contributed by atoms with Crippen molar-refractivity contribution in [2.24, 2.45) is 0 Å². The third-order valence-electron chi connectivity index (χ3n) is 3.27. The zero-order valence-electron chi connectivity index (χ0n) is 10.2. The number of rotatable bonds is 0. The van der Waals surface area contributed by atoms with Crippen LogP contribution in [-0.4, -0.2) is 12.1 Å². The fourth-order valence-corrected chi connectivity index (χ4v) is 2.36. The molecule has 1 atom stereocenters. The molecule has 1 heterocycles. The van der Waals surface area contributed by atoms with Crippen LogP contribution in [-0.2, 0) is 9.53 Å². The molecule has 90 valence electrons. The van der Waals surface area contributed by atoms with Gasteiger partial charge < -0.3 is 4.74 Å². The minimum atomic E-state index is -0.252. The van der Waals surface area contributed by atoms with Crippen LogP contribution in [0.2, 0.25) is 0 Å². The zero-order valence-corrected chi connectivity index (χ0v) is 10.2. The summed E-state index contributed by atoms with van der Waals surface area (Å²) in [4.78, 5) is 11.7. The van der Waals surface area contributed by atoms with E-state index in [2.05, 4.69) is 12.1 Å². The summed E-state index contributed by atoms with van der Waals surface area (Å²) < 4.78 is 5.49. The van der Waals surface area contributed by atoms with Gasteiger partial charge in [0.2, 0.25) is 0 Å². The molecule has 0 aromatic heterocycles. The number of ether oxygens (including phenoxy) is 1. The fraction of sp³-hybridized carbons (Fsp3) is 0.188. The van der Waals surface area contributed by atoms with Crippen molar-refractivity contribution in [1.29, 1.82) is 0 Å². The summed E-state index contributed by atoms with van der Waals surface area (Å²) >= 11 is 0. The van der Waals surface area contributed by atoms with Gasteiger partial charge in [-0.1, -0.05) is 48.1 Å². The van der Waals surface area contributed by atoms with E-state index >= 15 is 0 Å². The van der Waals surface area contributed by atoms with Gasteiger partial charge in [-0.2, -0.15) is 0 Å². The van der Waals surface area contributed by atoms with E-state index in [9.17, 15) is 4.79 Å². The van der Waals surface area contributed by atoms with Gasteiger partial charge in [-0.3, -0.25) is 4.79 Å². The van der Waals surface area contributed by atoms with Crippen LogP contribution in [0.15, 0.2) is 48.1 Å². The molecular formula is C16H14O2. The maximum atomic E-state index is 11.7. The molecule has 1 unspecified atom stereocenters. The van der Waals surface area contributed by atoms with Crippen molar-refractivity contribution in [3.05, 3.63) is 58.5 Å². The number of allylic oxidation sites excluding steroid dienone is 2. The fourth-order valence-electron chi connectivity index (χ4n) is 2.36. The third-order valence-corrected chi connectivity index (χ3v) is 3.27. The van der Waals surface area contributed by atoms with E-state index in [-0.39, 0.29) is 12.1 Å². The first kappa shape index (κ1) is 11.0. The number of hydrogen-bond donors (Lipinski definition) is 0. The van der Waals surface area contributed by atoms with Gasteiger partial charge in [-0.05, 0) is 23.4 Å². The van der Waals surface area contributed by atoms with Gasteiger partial charge in [0.1, 0.15) is 6.10 Å². The molecular weight excluding hydrogens is 224 g/mol. The predicted molar refractivity (Wildman–Crippen MR) is 71.0 cm³/mol. The number of fused-ring (bicyclic) bond motifs is 2. The molecule has 3 rings (SSSR count). The summed E-state index contributed by atoms with van der Waals surface area (Å²) in [6, 6.07) is 8.12.